The number of aromatic carboxylic acids is 1. The molecule has 1 aromatic heterocycles. The van der Waals surface area contributed by atoms with E-state index in [-0.39, 0.29) is 5.69 Å². The molecule has 0 aliphatic heterocycles. The van der Waals surface area contributed by atoms with E-state index >= 15 is 0 Å². The standard InChI is InChI=1S/C12H12BrN3O3/c1-7-11(12(17)18)14-15-16(7)6-8-3-4-10(19-2)9(13)5-8/h3-5H,6H2,1-2H3,(H,17,18). The van der Waals surface area contributed by atoms with Crippen molar-refractivity contribution in [2.24, 2.45) is 0 Å². The van der Waals surface area contributed by atoms with Crippen LogP contribution >= 0.6 is 15.9 Å². The van der Waals surface area contributed by atoms with Gasteiger partial charge in [0.05, 0.1) is 23.8 Å². The van der Waals surface area contributed by atoms with Gasteiger partial charge in [-0.15, -0.1) is 5.10 Å². The average Bonchev–Trinajstić information content (AvgIpc) is 2.71. The largest absolute Gasteiger partial charge is 0.496 e. The number of ether oxygens (including phenoxy) is 1. The summed E-state index contributed by atoms with van der Waals surface area (Å²) in [6.07, 6.45) is 0. The lowest BCUT2D eigenvalue weighted by molar-refractivity contribution is 0.0689. The zero-order chi connectivity index (χ0) is 14.0. The molecule has 0 saturated heterocycles. The highest BCUT2D eigenvalue weighted by Crippen LogP contribution is 2.25. The van der Waals surface area contributed by atoms with Crippen LogP contribution in [-0.2, 0) is 6.54 Å². The highest BCUT2D eigenvalue weighted by molar-refractivity contribution is 9.10. The second kappa shape index (κ2) is 5.40. The van der Waals surface area contributed by atoms with Gasteiger partial charge in [0, 0.05) is 0 Å². The van der Waals surface area contributed by atoms with Crippen LogP contribution in [0.1, 0.15) is 21.7 Å². The smallest absolute Gasteiger partial charge is 0.358 e. The Balaban J connectivity index is 2.26. The van der Waals surface area contributed by atoms with E-state index in [1.165, 1.54) is 0 Å². The topological polar surface area (TPSA) is 77.2 Å². The normalized spacial score (nSPS) is 10.5. The van der Waals surface area contributed by atoms with Crippen molar-refractivity contribution < 1.29 is 14.6 Å². The number of aromatic nitrogens is 3. The van der Waals surface area contributed by atoms with Crippen LogP contribution < -0.4 is 4.74 Å². The van der Waals surface area contributed by atoms with Gasteiger partial charge in [0.2, 0.25) is 0 Å². The summed E-state index contributed by atoms with van der Waals surface area (Å²) in [6.45, 7) is 2.14. The van der Waals surface area contributed by atoms with Gasteiger partial charge in [-0.2, -0.15) is 0 Å². The van der Waals surface area contributed by atoms with E-state index < -0.39 is 5.97 Å². The zero-order valence-corrected chi connectivity index (χ0v) is 12.0. The molecule has 0 unspecified atom stereocenters. The fraction of sp³-hybridized carbons (Fsp3) is 0.250. The number of methoxy groups -OCH3 is 1. The summed E-state index contributed by atoms with van der Waals surface area (Å²) in [5, 5.41) is 16.4. The van der Waals surface area contributed by atoms with Crippen molar-refractivity contribution in [2.45, 2.75) is 13.5 Å². The third kappa shape index (κ3) is 2.76. The van der Waals surface area contributed by atoms with Crippen molar-refractivity contribution in [3.05, 3.63) is 39.6 Å². The van der Waals surface area contributed by atoms with E-state index in [9.17, 15) is 4.79 Å². The molecule has 1 N–H and O–H groups in total. The van der Waals surface area contributed by atoms with Gasteiger partial charge in [0.1, 0.15) is 5.75 Å². The van der Waals surface area contributed by atoms with Gasteiger partial charge < -0.3 is 9.84 Å². The molecule has 0 amide bonds. The summed E-state index contributed by atoms with van der Waals surface area (Å²) < 4.78 is 7.54. The Kier molecular flexibility index (Phi) is 3.84. The lowest BCUT2D eigenvalue weighted by atomic mass is 10.2. The number of benzene rings is 1. The van der Waals surface area contributed by atoms with Gasteiger partial charge in [-0.3, -0.25) is 0 Å². The molecule has 7 heteroatoms. The SMILES string of the molecule is COc1ccc(Cn2nnc(C(=O)O)c2C)cc1Br. The summed E-state index contributed by atoms with van der Waals surface area (Å²) in [4.78, 5) is 10.9. The molecule has 0 aliphatic rings. The number of carboxylic acid groups (broad SMARTS) is 1. The van der Waals surface area contributed by atoms with Gasteiger partial charge in [-0.05, 0) is 40.5 Å². The van der Waals surface area contributed by atoms with Crippen LogP contribution in [0.2, 0.25) is 0 Å². The number of nitrogens with zero attached hydrogens (tertiary/aromatic N) is 3. The monoisotopic (exact) mass is 325 g/mol. The van der Waals surface area contributed by atoms with Crippen LogP contribution in [0.3, 0.4) is 0 Å². The molecule has 0 saturated carbocycles. The number of hydrogen-bond donors (Lipinski definition) is 1. The molecule has 1 aromatic carbocycles. The molecule has 0 bridgehead atoms. The number of rotatable bonds is 4. The maximum absolute atomic E-state index is 10.9. The first-order chi connectivity index (χ1) is 9.02. The molecule has 0 atom stereocenters. The lowest BCUT2D eigenvalue weighted by Crippen LogP contribution is -2.06. The summed E-state index contributed by atoms with van der Waals surface area (Å²) in [7, 11) is 1.60. The predicted molar refractivity (Wildman–Crippen MR) is 71.5 cm³/mol. The summed E-state index contributed by atoms with van der Waals surface area (Å²) in [5.74, 6) is -0.329. The van der Waals surface area contributed by atoms with E-state index in [2.05, 4.69) is 26.2 Å². The summed E-state index contributed by atoms with van der Waals surface area (Å²) in [6, 6.07) is 5.63. The molecule has 6 nitrogen and oxygen atoms in total. The molecular weight excluding hydrogens is 314 g/mol. The van der Waals surface area contributed by atoms with Gasteiger partial charge in [-0.25, -0.2) is 9.48 Å². The van der Waals surface area contributed by atoms with Crippen LogP contribution in [0.5, 0.6) is 5.75 Å². The molecular formula is C12H12BrN3O3. The minimum Gasteiger partial charge on any atom is -0.496 e. The Bertz CT molecular complexity index is 625. The van der Waals surface area contributed by atoms with Gasteiger partial charge in [-0.1, -0.05) is 11.3 Å². The molecule has 0 radical (unpaired) electrons. The van der Waals surface area contributed by atoms with E-state index in [4.69, 9.17) is 9.84 Å². The summed E-state index contributed by atoms with van der Waals surface area (Å²) >= 11 is 3.40. The Morgan fingerprint density at radius 3 is 2.79 bits per heavy atom. The van der Waals surface area contributed by atoms with Gasteiger partial charge >= 0.3 is 5.97 Å². The van der Waals surface area contributed by atoms with Gasteiger partial charge in [0.15, 0.2) is 5.69 Å². The van der Waals surface area contributed by atoms with Crippen molar-refractivity contribution in [2.75, 3.05) is 7.11 Å². The van der Waals surface area contributed by atoms with E-state index in [1.54, 1.807) is 18.7 Å². The average molecular weight is 326 g/mol. The van der Waals surface area contributed by atoms with Gasteiger partial charge in [0.25, 0.3) is 0 Å². The Labute approximate surface area is 118 Å². The molecule has 0 aliphatic carbocycles. The predicted octanol–water partition coefficient (Wildman–Crippen LogP) is 2.10. The molecule has 19 heavy (non-hydrogen) atoms. The van der Waals surface area contributed by atoms with Crippen LogP contribution in [-0.4, -0.2) is 33.2 Å². The second-order valence-electron chi connectivity index (χ2n) is 3.96. The Hall–Kier alpha value is -1.89. The van der Waals surface area contributed by atoms with E-state index in [0.717, 1.165) is 15.8 Å². The lowest BCUT2D eigenvalue weighted by Gasteiger charge is -2.07. The molecule has 0 spiro atoms. The van der Waals surface area contributed by atoms with Crippen LogP contribution in [0, 0.1) is 6.92 Å². The number of carboxylic acids is 1. The zero-order valence-electron chi connectivity index (χ0n) is 10.4. The molecule has 2 rings (SSSR count). The number of halogens is 1. The van der Waals surface area contributed by atoms with E-state index in [0.29, 0.717) is 12.2 Å². The highest BCUT2D eigenvalue weighted by Gasteiger charge is 2.15. The first-order valence-electron chi connectivity index (χ1n) is 5.48. The molecule has 0 fully saturated rings. The first kappa shape index (κ1) is 13.5. The maximum atomic E-state index is 10.9. The first-order valence-corrected chi connectivity index (χ1v) is 6.28. The summed E-state index contributed by atoms with van der Waals surface area (Å²) in [5.41, 5.74) is 1.48. The van der Waals surface area contributed by atoms with Crippen LogP contribution in [0.25, 0.3) is 0 Å². The van der Waals surface area contributed by atoms with Crippen molar-refractivity contribution in [3.63, 3.8) is 0 Å². The maximum Gasteiger partial charge on any atom is 0.358 e. The quantitative estimate of drug-likeness (QED) is 0.931. The number of hydrogen-bond acceptors (Lipinski definition) is 4. The van der Waals surface area contributed by atoms with Crippen molar-refractivity contribution in [1.29, 1.82) is 0 Å². The highest BCUT2D eigenvalue weighted by atomic mass is 79.9. The van der Waals surface area contributed by atoms with Crippen LogP contribution in [0.15, 0.2) is 22.7 Å². The van der Waals surface area contributed by atoms with Crippen molar-refractivity contribution in [3.8, 4) is 5.75 Å². The fourth-order valence-corrected chi connectivity index (χ4v) is 2.28. The molecule has 1 heterocycles. The van der Waals surface area contributed by atoms with E-state index in [1.807, 2.05) is 18.2 Å². The minimum atomic E-state index is -1.07. The van der Waals surface area contributed by atoms with Crippen LogP contribution in [0.4, 0.5) is 0 Å². The Morgan fingerprint density at radius 2 is 2.26 bits per heavy atom. The van der Waals surface area contributed by atoms with Crippen molar-refractivity contribution >= 4 is 21.9 Å². The Morgan fingerprint density at radius 1 is 1.53 bits per heavy atom. The number of carbonyl (C=O) groups is 1. The fourth-order valence-electron chi connectivity index (χ4n) is 1.69. The molecule has 2 aromatic rings. The van der Waals surface area contributed by atoms with Crippen molar-refractivity contribution in [1.82, 2.24) is 15.0 Å². The second-order valence-corrected chi connectivity index (χ2v) is 4.81. The third-order valence-electron chi connectivity index (χ3n) is 2.73. The third-order valence-corrected chi connectivity index (χ3v) is 3.35. The molecule has 100 valence electrons. The minimum absolute atomic E-state index is 0.0208.